The highest BCUT2D eigenvalue weighted by atomic mass is 16.2. The minimum atomic E-state index is 0.0870. The topological polar surface area (TPSA) is 49.3 Å². The molecule has 1 aromatic heterocycles. The van der Waals surface area contributed by atoms with Gasteiger partial charge in [0.1, 0.15) is 0 Å². The van der Waals surface area contributed by atoms with Crippen LogP contribution in [-0.2, 0) is 4.79 Å². The first kappa shape index (κ1) is 16.3. The van der Waals surface area contributed by atoms with Crippen molar-refractivity contribution in [2.75, 3.05) is 31.1 Å². The molecule has 25 heavy (non-hydrogen) atoms. The van der Waals surface area contributed by atoms with Gasteiger partial charge in [-0.05, 0) is 51.2 Å². The van der Waals surface area contributed by atoms with E-state index in [1.54, 1.807) is 0 Å². The molecule has 4 rings (SSSR count). The van der Waals surface area contributed by atoms with Crippen LogP contribution in [0, 0.1) is 19.8 Å². The van der Waals surface area contributed by atoms with Crippen LogP contribution in [0.1, 0.15) is 36.9 Å². The van der Waals surface area contributed by atoms with E-state index in [9.17, 15) is 4.79 Å². The standard InChI is InChI=1S/C20H26N4O/c1-14-7-8-17-15(2)21-20(22-18(17)12-14)24-11-5-6-16(13-24)19(25)23-9-3-4-10-23/h7-8,12,16H,3-6,9-11,13H2,1-2H3/t16-/m1/s1. The molecule has 3 heterocycles. The summed E-state index contributed by atoms with van der Waals surface area (Å²) in [5, 5.41) is 1.11. The molecule has 132 valence electrons. The normalized spacial score (nSPS) is 21.1. The van der Waals surface area contributed by atoms with E-state index in [1.165, 1.54) is 5.56 Å². The molecule has 0 radical (unpaired) electrons. The fraction of sp³-hybridized carbons (Fsp3) is 0.550. The highest BCUT2D eigenvalue weighted by Crippen LogP contribution is 2.26. The van der Waals surface area contributed by atoms with Gasteiger partial charge in [-0.25, -0.2) is 9.97 Å². The zero-order valence-electron chi connectivity index (χ0n) is 15.2. The largest absolute Gasteiger partial charge is 0.342 e. The van der Waals surface area contributed by atoms with Crippen molar-refractivity contribution in [3.63, 3.8) is 0 Å². The summed E-state index contributed by atoms with van der Waals surface area (Å²) >= 11 is 0. The van der Waals surface area contributed by atoms with Crippen LogP contribution in [0.5, 0.6) is 0 Å². The molecule has 0 saturated carbocycles. The number of piperidine rings is 1. The quantitative estimate of drug-likeness (QED) is 0.844. The number of carbonyl (C=O) groups excluding carboxylic acids is 1. The Kier molecular flexibility index (Phi) is 4.32. The molecule has 1 aromatic carbocycles. The molecule has 2 aromatic rings. The molecular formula is C20H26N4O. The van der Waals surface area contributed by atoms with Crippen molar-refractivity contribution in [3.05, 3.63) is 29.5 Å². The molecule has 0 bridgehead atoms. The molecule has 2 saturated heterocycles. The van der Waals surface area contributed by atoms with Gasteiger partial charge in [-0.1, -0.05) is 12.1 Å². The van der Waals surface area contributed by atoms with Gasteiger partial charge < -0.3 is 9.80 Å². The molecular weight excluding hydrogens is 312 g/mol. The van der Waals surface area contributed by atoms with E-state index >= 15 is 0 Å². The molecule has 5 heteroatoms. The molecule has 1 amide bonds. The lowest BCUT2D eigenvalue weighted by atomic mass is 9.97. The van der Waals surface area contributed by atoms with E-state index in [0.29, 0.717) is 5.91 Å². The Morgan fingerprint density at radius 2 is 1.88 bits per heavy atom. The number of hydrogen-bond acceptors (Lipinski definition) is 4. The molecule has 0 aliphatic carbocycles. The Morgan fingerprint density at radius 1 is 1.08 bits per heavy atom. The maximum absolute atomic E-state index is 12.8. The van der Waals surface area contributed by atoms with Crippen molar-refractivity contribution in [1.29, 1.82) is 0 Å². The third-order valence-electron chi connectivity index (χ3n) is 5.50. The number of anilines is 1. The summed E-state index contributed by atoms with van der Waals surface area (Å²) in [7, 11) is 0. The molecule has 0 N–H and O–H groups in total. The van der Waals surface area contributed by atoms with Gasteiger partial charge in [0.15, 0.2) is 0 Å². The minimum Gasteiger partial charge on any atom is -0.342 e. The van der Waals surface area contributed by atoms with Gasteiger partial charge in [0.2, 0.25) is 11.9 Å². The second-order valence-electron chi connectivity index (χ2n) is 7.45. The van der Waals surface area contributed by atoms with Gasteiger partial charge in [0.25, 0.3) is 0 Å². The predicted octanol–water partition coefficient (Wildman–Crippen LogP) is 3.09. The number of benzene rings is 1. The first-order valence-corrected chi connectivity index (χ1v) is 9.40. The van der Waals surface area contributed by atoms with Crippen LogP contribution in [0.3, 0.4) is 0 Å². The summed E-state index contributed by atoms with van der Waals surface area (Å²) in [5.41, 5.74) is 3.21. The van der Waals surface area contributed by atoms with Crippen LogP contribution in [0.25, 0.3) is 10.9 Å². The van der Waals surface area contributed by atoms with Gasteiger partial charge in [-0.3, -0.25) is 4.79 Å². The first-order chi connectivity index (χ1) is 12.1. The van der Waals surface area contributed by atoms with Crippen molar-refractivity contribution in [3.8, 4) is 0 Å². The second-order valence-corrected chi connectivity index (χ2v) is 7.45. The van der Waals surface area contributed by atoms with Crippen LogP contribution in [-0.4, -0.2) is 47.0 Å². The highest BCUT2D eigenvalue weighted by molar-refractivity contribution is 5.83. The number of nitrogens with zero attached hydrogens (tertiary/aromatic N) is 4. The number of hydrogen-bond donors (Lipinski definition) is 0. The van der Waals surface area contributed by atoms with E-state index in [-0.39, 0.29) is 5.92 Å². The van der Waals surface area contributed by atoms with E-state index in [1.807, 2.05) is 11.8 Å². The van der Waals surface area contributed by atoms with E-state index in [0.717, 1.165) is 74.4 Å². The van der Waals surface area contributed by atoms with E-state index < -0.39 is 0 Å². The van der Waals surface area contributed by atoms with Crippen LogP contribution < -0.4 is 4.90 Å². The average Bonchev–Trinajstić information content (AvgIpc) is 3.15. The van der Waals surface area contributed by atoms with E-state index in [2.05, 4.69) is 30.0 Å². The fourth-order valence-corrected chi connectivity index (χ4v) is 4.08. The lowest BCUT2D eigenvalue weighted by molar-refractivity contribution is -0.134. The van der Waals surface area contributed by atoms with Crippen molar-refractivity contribution >= 4 is 22.8 Å². The summed E-state index contributed by atoms with van der Waals surface area (Å²) in [4.78, 5) is 26.5. The number of likely N-dealkylation sites (tertiary alicyclic amines) is 1. The fourth-order valence-electron chi connectivity index (χ4n) is 4.08. The number of carbonyl (C=O) groups is 1. The number of fused-ring (bicyclic) bond motifs is 1. The van der Waals surface area contributed by atoms with Crippen molar-refractivity contribution in [1.82, 2.24) is 14.9 Å². The van der Waals surface area contributed by atoms with Crippen molar-refractivity contribution < 1.29 is 4.79 Å². The smallest absolute Gasteiger partial charge is 0.227 e. The van der Waals surface area contributed by atoms with Crippen LogP contribution in [0.15, 0.2) is 18.2 Å². The highest BCUT2D eigenvalue weighted by Gasteiger charge is 2.31. The SMILES string of the molecule is Cc1ccc2c(C)nc(N3CCC[C@@H](C(=O)N4CCCC4)C3)nc2c1. The lowest BCUT2D eigenvalue weighted by Gasteiger charge is -2.34. The molecule has 2 aliphatic heterocycles. The summed E-state index contributed by atoms with van der Waals surface area (Å²) in [5.74, 6) is 1.19. The predicted molar refractivity (Wildman–Crippen MR) is 99.8 cm³/mol. The second kappa shape index (κ2) is 6.62. The van der Waals surface area contributed by atoms with Gasteiger partial charge in [-0.15, -0.1) is 0 Å². The van der Waals surface area contributed by atoms with Crippen LogP contribution >= 0.6 is 0 Å². The third kappa shape index (κ3) is 3.20. The minimum absolute atomic E-state index is 0.0870. The van der Waals surface area contributed by atoms with Gasteiger partial charge in [0, 0.05) is 31.6 Å². The number of rotatable bonds is 2. The maximum Gasteiger partial charge on any atom is 0.227 e. The molecule has 2 aliphatic rings. The summed E-state index contributed by atoms with van der Waals surface area (Å²) in [6.45, 7) is 7.66. The monoisotopic (exact) mass is 338 g/mol. The first-order valence-electron chi connectivity index (χ1n) is 9.40. The van der Waals surface area contributed by atoms with Crippen molar-refractivity contribution in [2.24, 2.45) is 5.92 Å². The zero-order chi connectivity index (χ0) is 17.4. The lowest BCUT2D eigenvalue weighted by Crippen LogP contribution is -2.44. The Balaban J connectivity index is 1.58. The summed E-state index contributed by atoms with van der Waals surface area (Å²) < 4.78 is 0. The summed E-state index contributed by atoms with van der Waals surface area (Å²) in [6.07, 6.45) is 4.30. The molecule has 1 atom stereocenters. The van der Waals surface area contributed by atoms with Crippen LogP contribution in [0.4, 0.5) is 5.95 Å². The van der Waals surface area contributed by atoms with Gasteiger partial charge in [0.05, 0.1) is 17.1 Å². The Labute approximate surface area is 149 Å². The molecule has 0 unspecified atom stereocenters. The van der Waals surface area contributed by atoms with Gasteiger partial charge in [-0.2, -0.15) is 0 Å². The Hall–Kier alpha value is -2.17. The Bertz CT molecular complexity index is 798. The van der Waals surface area contributed by atoms with Crippen LogP contribution in [0.2, 0.25) is 0 Å². The van der Waals surface area contributed by atoms with Crippen molar-refractivity contribution in [2.45, 2.75) is 39.5 Å². The van der Waals surface area contributed by atoms with E-state index in [4.69, 9.17) is 9.97 Å². The average molecular weight is 338 g/mol. The summed E-state index contributed by atoms with van der Waals surface area (Å²) in [6, 6.07) is 6.31. The zero-order valence-corrected chi connectivity index (χ0v) is 15.2. The molecule has 0 spiro atoms. The molecule has 2 fully saturated rings. The molecule has 5 nitrogen and oxygen atoms in total. The number of aryl methyl sites for hydroxylation is 2. The van der Waals surface area contributed by atoms with Gasteiger partial charge >= 0.3 is 0 Å². The Morgan fingerprint density at radius 3 is 2.68 bits per heavy atom. The number of amides is 1. The maximum atomic E-state index is 12.8. The number of aromatic nitrogens is 2. The third-order valence-corrected chi connectivity index (χ3v) is 5.50.